The Morgan fingerprint density at radius 3 is 1.75 bits per heavy atom. The van der Waals surface area contributed by atoms with E-state index in [9.17, 15) is 35.5 Å². The first-order valence-electron chi connectivity index (χ1n) is 5.85. The van der Waals surface area contributed by atoms with Gasteiger partial charge in [0, 0.05) is 5.92 Å². The third-order valence-electron chi connectivity index (χ3n) is 3.55. The Morgan fingerprint density at radius 1 is 0.950 bits per heavy atom. The lowest BCUT2D eigenvalue weighted by Crippen LogP contribution is -2.56. The Morgan fingerprint density at radius 2 is 1.40 bits per heavy atom. The molecule has 0 atom stereocenters. The summed E-state index contributed by atoms with van der Waals surface area (Å²) in [5, 5.41) is 0. The van der Waals surface area contributed by atoms with Crippen LogP contribution in [0.4, 0.5) is 30.7 Å². The quantitative estimate of drug-likeness (QED) is 0.585. The molecule has 118 valence electrons. The first-order valence-corrected chi connectivity index (χ1v) is 5.85. The van der Waals surface area contributed by atoms with Crippen LogP contribution in [0.3, 0.4) is 0 Å². The lowest BCUT2D eigenvalue weighted by Gasteiger charge is -2.37. The molecule has 0 spiro atoms. The van der Waals surface area contributed by atoms with Crippen molar-refractivity contribution in [1.29, 1.82) is 0 Å². The van der Waals surface area contributed by atoms with E-state index in [0.717, 1.165) is 7.11 Å². The standard InChI is InChI=1S/C11H13F7O2/c1-20-8(19)6-2-4-7(5-3-6)9(12,13)10(14,15)11(16,17)18/h6-7H,2-5H2,1H3. The molecule has 0 aromatic heterocycles. The first-order chi connectivity index (χ1) is 8.95. The maximum Gasteiger partial charge on any atom is 0.459 e. The van der Waals surface area contributed by atoms with E-state index in [1.807, 2.05) is 0 Å². The minimum atomic E-state index is -6.31. The number of ether oxygens (including phenoxy) is 1. The van der Waals surface area contributed by atoms with E-state index >= 15 is 0 Å². The summed E-state index contributed by atoms with van der Waals surface area (Å²) in [7, 11) is 1.08. The van der Waals surface area contributed by atoms with Crippen LogP contribution in [0.1, 0.15) is 25.7 Å². The number of alkyl halides is 7. The predicted molar refractivity (Wildman–Crippen MR) is 53.4 cm³/mol. The van der Waals surface area contributed by atoms with E-state index in [2.05, 4.69) is 4.74 Å². The highest BCUT2D eigenvalue weighted by Crippen LogP contribution is 2.53. The van der Waals surface area contributed by atoms with Crippen LogP contribution in [-0.2, 0) is 9.53 Å². The third kappa shape index (κ3) is 2.85. The van der Waals surface area contributed by atoms with Crippen molar-refractivity contribution in [3.8, 4) is 0 Å². The van der Waals surface area contributed by atoms with Crippen molar-refractivity contribution in [2.75, 3.05) is 7.11 Å². The number of esters is 1. The molecule has 0 amide bonds. The minimum absolute atomic E-state index is 0.194. The molecule has 1 fully saturated rings. The molecule has 0 radical (unpaired) electrons. The number of rotatable bonds is 3. The van der Waals surface area contributed by atoms with E-state index in [4.69, 9.17) is 0 Å². The van der Waals surface area contributed by atoms with Gasteiger partial charge in [-0.3, -0.25) is 4.79 Å². The molecule has 1 aliphatic carbocycles. The zero-order chi connectivity index (χ0) is 15.8. The summed E-state index contributed by atoms with van der Waals surface area (Å²) in [6, 6.07) is 0. The van der Waals surface area contributed by atoms with Gasteiger partial charge in [0.2, 0.25) is 0 Å². The van der Waals surface area contributed by atoms with Gasteiger partial charge in [0.05, 0.1) is 13.0 Å². The van der Waals surface area contributed by atoms with Crippen LogP contribution in [0.25, 0.3) is 0 Å². The van der Waals surface area contributed by atoms with Gasteiger partial charge in [-0.25, -0.2) is 0 Å². The topological polar surface area (TPSA) is 26.3 Å². The van der Waals surface area contributed by atoms with Gasteiger partial charge in [-0.1, -0.05) is 0 Å². The van der Waals surface area contributed by atoms with Crippen molar-refractivity contribution in [3.05, 3.63) is 0 Å². The van der Waals surface area contributed by atoms with Crippen LogP contribution in [-0.4, -0.2) is 31.1 Å². The summed E-state index contributed by atoms with van der Waals surface area (Å²) in [6.07, 6.45) is -7.87. The summed E-state index contributed by atoms with van der Waals surface area (Å²) >= 11 is 0. The highest BCUT2D eigenvalue weighted by atomic mass is 19.4. The number of hydrogen-bond acceptors (Lipinski definition) is 2. The van der Waals surface area contributed by atoms with Gasteiger partial charge in [0.15, 0.2) is 0 Å². The summed E-state index contributed by atoms with van der Waals surface area (Å²) in [5.74, 6) is -14.8. The number of halogens is 7. The second-order valence-corrected chi connectivity index (χ2v) is 4.77. The van der Waals surface area contributed by atoms with E-state index in [1.54, 1.807) is 0 Å². The molecule has 0 N–H and O–H groups in total. The number of carbonyl (C=O) groups is 1. The fourth-order valence-electron chi connectivity index (χ4n) is 2.30. The third-order valence-corrected chi connectivity index (χ3v) is 3.55. The normalized spacial score (nSPS) is 25.4. The number of hydrogen-bond donors (Lipinski definition) is 0. The summed E-state index contributed by atoms with van der Waals surface area (Å²) in [5.41, 5.74) is 0. The molecular weight excluding hydrogens is 297 g/mol. The molecule has 0 unspecified atom stereocenters. The van der Waals surface area contributed by atoms with Gasteiger partial charge >= 0.3 is 24.0 Å². The molecule has 0 aromatic rings. The zero-order valence-corrected chi connectivity index (χ0v) is 10.4. The Hall–Kier alpha value is -1.02. The van der Waals surface area contributed by atoms with Gasteiger partial charge in [-0.15, -0.1) is 0 Å². The fourth-order valence-corrected chi connectivity index (χ4v) is 2.30. The van der Waals surface area contributed by atoms with Gasteiger partial charge < -0.3 is 4.74 Å². The fraction of sp³-hybridized carbons (Fsp3) is 0.909. The van der Waals surface area contributed by atoms with Crippen molar-refractivity contribution >= 4 is 5.97 Å². The van der Waals surface area contributed by atoms with Crippen LogP contribution < -0.4 is 0 Å². The molecule has 1 saturated carbocycles. The van der Waals surface area contributed by atoms with Crippen molar-refractivity contribution < 1.29 is 40.3 Å². The van der Waals surface area contributed by atoms with Crippen molar-refractivity contribution in [2.45, 2.75) is 43.7 Å². The molecule has 0 aromatic carbocycles. The van der Waals surface area contributed by atoms with Crippen LogP contribution in [0, 0.1) is 11.8 Å². The summed E-state index contributed by atoms with van der Waals surface area (Å²) < 4.78 is 93.0. The molecule has 0 bridgehead atoms. The first kappa shape index (κ1) is 17.0. The molecule has 0 aliphatic heterocycles. The molecule has 1 aliphatic rings. The van der Waals surface area contributed by atoms with E-state index in [0.29, 0.717) is 0 Å². The second-order valence-electron chi connectivity index (χ2n) is 4.77. The van der Waals surface area contributed by atoms with Gasteiger partial charge in [0.25, 0.3) is 0 Å². The highest BCUT2D eigenvalue weighted by Gasteiger charge is 2.74. The van der Waals surface area contributed by atoms with E-state index in [-0.39, 0.29) is 12.8 Å². The maximum absolute atomic E-state index is 13.4. The molecule has 0 heterocycles. The minimum Gasteiger partial charge on any atom is -0.469 e. The Balaban J connectivity index is 2.80. The van der Waals surface area contributed by atoms with Gasteiger partial charge in [0.1, 0.15) is 0 Å². The molecular formula is C11H13F7O2. The van der Waals surface area contributed by atoms with Crippen LogP contribution in [0.5, 0.6) is 0 Å². The lowest BCUT2D eigenvalue weighted by molar-refractivity contribution is -0.367. The molecule has 20 heavy (non-hydrogen) atoms. The summed E-state index contributed by atoms with van der Waals surface area (Å²) in [4.78, 5) is 11.1. The molecule has 2 nitrogen and oxygen atoms in total. The average molecular weight is 310 g/mol. The molecule has 1 rings (SSSR count). The van der Waals surface area contributed by atoms with Crippen LogP contribution >= 0.6 is 0 Å². The predicted octanol–water partition coefficient (Wildman–Crippen LogP) is 3.80. The SMILES string of the molecule is COC(=O)C1CCC(C(F)(F)C(F)(F)C(F)(F)F)CC1. The van der Waals surface area contributed by atoms with E-state index < -0.39 is 48.7 Å². The van der Waals surface area contributed by atoms with Crippen molar-refractivity contribution in [3.63, 3.8) is 0 Å². The Bertz CT molecular complexity index is 356. The zero-order valence-electron chi connectivity index (χ0n) is 10.4. The monoisotopic (exact) mass is 310 g/mol. The maximum atomic E-state index is 13.4. The van der Waals surface area contributed by atoms with Crippen molar-refractivity contribution in [2.24, 2.45) is 11.8 Å². The van der Waals surface area contributed by atoms with Gasteiger partial charge in [-0.05, 0) is 25.7 Å². The molecule has 9 heteroatoms. The summed E-state index contributed by atoms with van der Waals surface area (Å²) in [6.45, 7) is 0. The van der Waals surface area contributed by atoms with Gasteiger partial charge in [-0.2, -0.15) is 30.7 Å². The number of carbonyl (C=O) groups excluding carboxylic acids is 1. The largest absolute Gasteiger partial charge is 0.469 e. The molecule has 0 saturated heterocycles. The smallest absolute Gasteiger partial charge is 0.459 e. The van der Waals surface area contributed by atoms with Crippen LogP contribution in [0.2, 0.25) is 0 Å². The second kappa shape index (κ2) is 5.40. The van der Waals surface area contributed by atoms with Crippen molar-refractivity contribution in [1.82, 2.24) is 0 Å². The Kier molecular flexibility index (Phi) is 4.60. The number of methoxy groups -OCH3 is 1. The highest BCUT2D eigenvalue weighted by molar-refractivity contribution is 5.72. The van der Waals surface area contributed by atoms with E-state index in [1.165, 1.54) is 0 Å². The average Bonchev–Trinajstić information content (AvgIpc) is 2.36. The van der Waals surface area contributed by atoms with Crippen LogP contribution in [0.15, 0.2) is 0 Å². The Labute approximate surface area is 110 Å². The lowest BCUT2D eigenvalue weighted by atomic mass is 9.77.